The van der Waals surface area contributed by atoms with E-state index >= 15 is 0 Å². The summed E-state index contributed by atoms with van der Waals surface area (Å²) in [5.74, 6) is 0.0204. The minimum Gasteiger partial charge on any atom is -0.390 e. The zero-order valence-corrected chi connectivity index (χ0v) is 13.9. The van der Waals surface area contributed by atoms with Crippen molar-refractivity contribution in [3.05, 3.63) is 40.3 Å². The van der Waals surface area contributed by atoms with E-state index in [1.54, 1.807) is 0 Å². The van der Waals surface area contributed by atoms with Crippen molar-refractivity contribution in [3.8, 4) is 11.1 Å². The van der Waals surface area contributed by atoms with Crippen LogP contribution in [0.5, 0.6) is 0 Å². The molecule has 112 valence electrons. The molecular weight excluding hydrogens is 280 g/mol. The van der Waals surface area contributed by atoms with Gasteiger partial charge in [0, 0.05) is 24.0 Å². The summed E-state index contributed by atoms with van der Waals surface area (Å²) in [4.78, 5) is 14.5. The summed E-state index contributed by atoms with van der Waals surface area (Å²) in [6.45, 7) is 9.52. The molecule has 1 amide bonds. The molecule has 2 N–H and O–H groups in total. The molecule has 0 aliphatic heterocycles. The molecule has 4 heteroatoms. The summed E-state index contributed by atoms with van der Waals surface area (Å²) < 4.78 is 0. The molecule has 2 aromatic rings. The zero-order valence-electron chi connectivity index (χ0n) is 13.1. The molecule has 2 rings (SSSR count). The Morgan fingerprint density at radius 1 is 1.19 bits per heavy atom. The summed E-state index contributed by atoms with van der Waals surface area (Å²) in [7, 11) is 0. The molecule has 0 aliphatic carbocycles. The SMILES string of the molecule is CCN(CC)C(=O)c1c(-c2ccc(C)c(C)c2)csc1N. The number of anilines is 1. The lowest BCUT2D eigenvalue weighted by atomic mass is 9.99. The molecule has 0 atom stereocenters. The molecule has 1 heterocycles. The summed E-state index contributed by atoms with van der Waals surface area (Å²) in [6.07, 6.45) is 0. The minimum absolute atomic E-state index is 0.0204. The number of nitrogens with two attached hydrogens (primary N) is 1. The second kappa shape index (κ2) is 6.31. The van der Waals surface area contributed by atoms with Crippen molar-refractivity contribution in [1.82, 2.24) is 4.90 Å². The number of benzene rings is 1. The maximum absolute atomic E-state index is 12.7. The number of aryl methyl sites for hydroxylation is 2. The number of carbonyl (C=O) groups excluding carboxylic acids is 1. The van der Waals surface area contributed by atoms with Crippen LogP contribution in [0.1, 0.15) is 35.3 Å². The number of carbonyl (C=O) groups is 1. The van der Waals surface area contributed by atoms with Gasteiger partial charge in [-0.2, -0.15) is 0 Å². The maximum Gasteiger partial charge on any atom is 0.257 e. The molecule has 21 heavy (non-hydrogen) atoms. The highest BCUT2D eigenvalue weighted by Crippen LogP contribution is 2.35. The number of thiophene rings is 1. The molecule has 1 aromatic heterocycles. The van der Waals surface area contributed by atoms with E-state index in [2.05, 4.69) is 32.0 Å². The lowest BCUT2D eigenvalue weighted by molar-refractivity contribution is 0.0775. The summed E-state index contributed by atoms with van der Waals surface area (Å²) in [6, 6.07) is 6.27. The van der Waals surface area contributed by atoms with Crippen LogP contribution in [0.2, 0.25) is 0 Å². The first-order valence-corrected chi connectivity index (χ1v) is 8.11. The third kappa shape index (κ3) is 2.95. The maximum atomic E-state index is 12.7. The Morgan fingerprint density at radius 3 is 2.43 bits per heavy atom. The molecular formula is C17H22N2OS. The molecule has 0 spiro atoms. The molecule has 3 nitrogen and oxygen atoms in total. The van der Waals surface area contributed by atoms with Gasteiger partial charge in [0.25, 0.3) is 5.91 Å². The van der Waals surface area contributed by atoms with E-state index in [9.17, 15) is 4.79 Å². The fourth-order valence-corrected chi connectivity index (χ4v) is 3.20. The normalized spacial score (nSPS) is 10.7. The predicted octanol–water partition coefficient (Wildman–Crippen LogP) is 4.10. The van der Waals surface area contributed by atoms with Crippen molar-refractivity contribution in [2.75, 3.05) is 18.8 Å². The van der Waals surface area contributed by atoms with Crippen molar-refractivity contribution >= 4 is 22.2 Å². The predicted molar refractivity (Wildman–Crippen MR) is 90.9 cm³/mol. The van der Waals surface area contributed by atoms with Gasteiger partial charge in [-0.1, -0.05) is 18.2 Å². The highest BCUT2D eigenvalue weighted by molar-refractivity contribution is 7.15. The van der Waals surface area contributed by atoms with Crippen LogP contribution < -0.4 is 5.73 Å². The molecule has 0 unspecified atom stereocenters. The Balaban J connectivity index is 2.51. The van der Waals surface area contributed by atoms with E-state index in [0.29, 0.717) is 23.7 Å². The molecule has 0 saturated heterocycles. The van der Waals surface area contributed by atoms with Crippen molar-refractivity contribution < 1.29 is 4.79 Å². The van der Waals surface area contributed by atoms with Crippen LogP contribution in [0.3, 0.4) is 0 Å². The van der Waals surface area contributed by atoms with E-state index in [1.165, 1.54) is 22.5 Å². The molecule has 1 aromatic carbocycles. The highest BCUT2D eigenvalue weighted by Gasteiger charge is 2.22. The van der Waals surface area contributed by atoms with Crippen LogP contribution in [0, 0.1) is 13.8 Å². The van der Waals surface area contributed by atoms with Crippen molar-refractivity contribution in [3.63, 3.8) is 0 Å². The fourth-order valence-electron chi connectivity index (χ4n) is 2.38. The van der Waals surface area contributed by atoms with Crippen LogP contribution >= 0.6 is 11.3 Å². The molecule has 0 saturated carbocycles. The average molecular weight is 302 g/mol. The van der Waals surface area contributed by atoms with Gasteiger partial charge in [-0.05, 0) is 44.4 Å². The van der Waals surface area contributed by atoms with Gasteiger partial charge in [-0.15, -0.1) is 11.3 Å². The number of nitrogens with zero attached hydrogens (tertiary/aromatic N) is 1. The monoisotopic (exact) mass is 302 g/mol. The van der Waals surface area contributed by atoms with Crippen LogP contribution in [0.4, 0.5) is 5.00 Å². The van der Waals surface area contributed by atoms with Crippen LogP contribution in [-0.2, 0) is 0 Å². The second-order valence-corrected chi connectivity index (χ2v) is 6.08. The standard InChI is InChI=1S/C17H22N2OS/c1-5-19(6-2)17(20)15-14(10-21-16(15)18)13-8-7-11(3)12(4)9-13/h7-10H,5-6,18H2,1-4H3. The lowest BCUT2D eigenvalue weighted by Gasteiger charge is -2.19. The van der Waals surface area contributed by atoms with Gasteiger partial charge < -0.3 is 10.6 Å². The van der Waals surface area contributed by atoms with E-state index in [1.807, 2.05) is 24.1 Å². The molecule has 0 aliphatic rings. The molecule has 0 radical (unpaired) electrons. The summed E-state index contributed by atoms with van der Waals surface area (Å²) in [5, 5.41) is 2.58. The van der Waals surface area contributed by atoms with Gasteiger partial charge in [0.1, 0.15) is 0 Å². The minimum atomic E-state index is 0.0204. The number of hydrogen-bond acceptors (Lipinski definition) is 3. The van der Waals surface area contributed by atoms with Crippen LogP contribution in [0.15, 0.2) is 23.6 Å². The van der Waals surface area contributed by atoms with Crippen LogP contribution in [0.25, 0.3) is 11.1 Å². The Kier molecular flexibility index (Phi) is 4.68. The van der Waals surface area contributed by atoms with E-state index in [-0.39, 0.29) is 5.91 Å². The van der Waals surface area contributed by atoms with Crippen molar-refractivity contribution in [2.24, 2.45) is 0 Å². The third-order valence-electron chi connectivity index (χ3n) is 3.90. The molecule has 0 bridgehead atoms. The van der Waals surface area contributed by atoms with Crippen molar-refractivity contribution in [1.29, 1.82) is 0 Å². The molecule has 0 fully saturated rings. The van der Waals surface area contributed by atoms with Gasteiger partial charge in [0.05, 0.1) is 10.6 Å². The van der Waals surface area contributed by atoms with Gasteiger partial charge in [-0.25, -0.2) is 0 Å². The van der Waals surface area contributed by atoms with Crippen LogP contribution in [-0.4, -0.2) is 23.9 Å². The lowest BCUT2D eigenvalue weighted by Crippen LogP contribution is -2.31. The van der Waals surface area contributed by atoms with Gasteiger partial charge in [0.2, 0.25) is 0 Å². The highest BCUT2D eigenvalue weighted by atomic mass is 32.1. The Morgan fingerprint density at radius 2 is 1.86 bits per heavy atom. The zero-order chi connectivity index (χ0) is 15.6. The largest absolute Gasteiger partial charge is 0.390 e. The summed E-state index contributed by atoms with van der Waals surface area (Å²) >= 11 is 1.43. The van der Waals surface area contributed by atoms with Gasteiger partial charge >= 0.3 is 0 Å². The first-order chi connectivity index (χ1) is 9.99. The van der Waals surface area contributed by atoms with Gasteiger partial charge in [0.15, 0.2) is 0 Å². The first-order valence-electron chi connectivity index (χ1n) is 7.23. The quantitative estimate of drug-likeness (QED) is 0.924. The Labute approximate surface area is 130 Å². The topological polar surface area (TPSA) is 46.3 Å². The number of hydrogen-bond donors (Lipinski definition) is 1. The first kappa shape index (κ1) is 15.6. The number of nitrogen functional groups attached to an aromatic ring is 1. The average Bonchev–Trinajstić information content (AvgIpc) is 2.85. The summed E-state index contributed by atoms with van der Waals surface area (Å²) in [5.41, 5.74) is 11.2. The fraction of sp³-hybridized carbons (Fsp3) is 0.353. The number of amides is 1. The Hall–Kier alpha value is -1.81. The second-order valence-electron chi connectivity index (χ2n) is 5.17. The van der Waals surface area contributed by atoms with E-state index in [0.717, 1.165) is 11.1 Å². The van der Waals surface area contributed by atoms with E-state index in [4.69, 9.17) is 5.73 Å². The van der Waals surface area contributed by atoms with Gasteiger partial charge in [-0.3, -0.25) is 4.79 Å². The number of rotatable bonds is 4. The smallest absolute Gasteiger partial charge is 0.257 e. The third-order valence-corrected chi connectivity index (χ3v) is 4.71. The Bertz CT molecular complexity index is 657. The van der Waals surface area contributed by atoms with Crippen molar-refractivity contribution in [2.45, 2.75) is 27.7 Å². The van der Waals surface area contributed by atoms with E-state index < -0.39 is 0 Å².